The van der Waals surface area contributed by atoms with Crippen molar-refractivity contribution in [1.82, 2.24) is 4.90 Å². The summed E-state index contributed by atoms with van der Waals surface area (Å²) in [4.78, 5) is 14.1. The van der Waals surface area contributed by atoms with E-state index in [0.29, 0.717) is 6.04 Å². The van der Waals surface area contributed by atoms with Crippen LogP contribution >= 0.6 is 0 Å². The first-order chi connectivity index (χ1) is 9.52. The molecular weight excluding hydrogens is 250 g/mol. The molecule has 2 rings (SSSR count). The van der Waals surface area contributed by atoms with Crippen LogP contribution in [0.3, 0.4) is 0 Å². The summed E-state index contributed by atoms with van der Waals surface area (Å²) >= 11 is 0. The van der Waals surface area contributed by atoms with E-state index in [2.05, 4.69) is 25.7 Å². The monoisotopic (exact) mass is 281 g/mol. The Bertz CT molecular complexity index is 331. The van der Waals surface area contributed by atoms with Crippen LogP contribution in [0.25, 0.3) is 0 Å². The third-order valence-corrected chi connectivity index (χ3v) is 5.56. The van der Waals surface area contributed by atoms with E-state index >= 15 is 0 Å². The van der Waals surface area contributed by atoms with Crippen LogP contribution in [0.4, 0.5) is 0 Å². The molecular formula is C17H31NO2. The van der Waals surface area contributed by atoms with Crippen LogP contribution in [-0.4, -0.2) is 34.6 Å². The van der Waals surface area contributed by atoms with Gasteiger partial charge in [0.1, 0.15) is 0 Å². The lowest BCUT2D eigenvalue weighted by Gasteiger charge is -2.47. The third kappa shape index (κ3) is 3.55. The number of nitrogens with zero attached hydrogens (tertiary/aromatic N) is 1. The van der Waals surface area contributed by atoms with Gasteiger partial charge in [0.15, 0.2) is 0 Å². The normalized spacial score (nSPS) is 39.6. The first-order valence-electron chi connectivity index (χ1n) is 8.51. The maximum absolute atomic E-state index is 11.6. The highest BCUT2D eigenvalue weighted by Gasteiger charge is 2.40. The van der Waals surface area contributed by atoms with Crippen molar-refractivity contribution in [2.45, 2.75) is 77.8 Å². The summed E-state index contributed by atoms with van der Waals surface area (Å²) in [7, 11) is 0. The first-order valence-corrected chi connectivity index (χ1v) is 8.51. The summed E-state index contributed by atoms with van der Waals surface area (Å²) in [6, 6.07) is 0.825. The minimum atomic E-state index is -0.573. The average Bonchev–Trinajstić information content (AvgIpc) is 2.38. The molecule has 0 aromatic rings. The molecule has 1 N–H and O–H groups in total. The van der Waals surface area contributed by atoms with E-state index in [0.717, 1.165) is 37.6 Å². The minimum absolute atomic E-state index is 0.140. The maximum atomic E-state index is 11.6. The Kier molecular flexibility index (Phi) is 5.48. The van der Waals surface area contributed by atoms with Gasteiger partial charge in [0, 0.05) is 12.1 Å². The SMILES string of the molecule is CCCC1CCC(C(=O)O)C(N2CCC(C)CC2C)C1. The number of aliphatic carboxylic acids is 1. The topological polar surface area (TPSA) is 40.5 Å². The zero-order valence-corrected chi connectivity index (χ0v) is 13.3. The molecule has 0 radical (unpaired) electrons. The van der Waals surface area contributed by atoms with Gasteiger partial charge in [-0.25, -0.2) is 0 Å². The molecule has 1 aliphatic heterocycles. The number of rotatable bonds is 4. The second-order valence-electron chi connectivity index (χ2n) is 7.20. The van der Waals surface area contributed by atoms with E-state index in [1.807, 2.05) is 0 Å². The summed E-state index contributed by atoms with van der Waals surface area (Å²) in [5.74, 6) is 0.821. The molecule has 0 aromatic heterocycles. The molecule has 5 unspecified atom stereocenters. The second-order valence-corrected chi connectivity index (χ2v) is 7.20. The maximum Gasteiger partial charge on any atom is 0.308 e. The van der Waals surface area contributed by atoms with Crippen molar-refractivity contribution in [3.8, 4) is 0 Å². The highest BCUT2D eigenvalue weighted by Crippen LogP contribution is 2.38. The van der Waals surface area contributed by atoms with Crippen LogP contribution in [0.1, 0.15) is 65.7 Å². The number of carboxylic acid groups (broad SMARTS) is 1. The second kappa shape index (κ2) is 6.93. The van der Waals surface area contributed by atoms with Gasteiger partial charge in [-0.3, -0.25) is 9.69 Å². The van der Waals surface area contributed by atoms with E-state index in [-0.39, 0.29) is 12.0 Å². The molecule has 0 spiro atoms. The van der Waals surface area contributed by atoms with Crippen LogP contribution in [0.15, 0.2) is 0 Å². The number of carbonyl (C=O) groups is 1. The van der Waals surface area contributed by atoms with Gasteiger partial charge < -0.3 is 5.11 Å². The van der Waals surface area contributed by atoms with Crippen LogP contribution in [0, 0.1) is 17.8 Å². The summed E-state index contributed by atoms with van der Waals surface area (Å²) < 4.78 is 0. The Hall–Kier alpha value is -0.570. The van der Waals surface area contributed by atoms with Gasteiger partial charge in [-0.1, -0.05) is 26.7 Å². The smallest absolute Gasteiger partial charge is 0.308 e. The summed E-state index contributed by atoms with van der Waals surface area (Å²) in [5.41, 5.74) is 0. The molecule has 0 amide bonds. The van der Waals surface area contributed by atoms with Gasteiger partial charge in [-0.15, -0.1) is 0 Å². The number of likely N-dealkylation sites (tertiary alicyclic amines) is 1. The molecule has 3 heteroatoms. The van der Waals surface area contributed by atoms with E-state index < -0.39 is 5.97 Å². The molecule has 1 saturated carbocycles. The number of carboxylic acids is 1. The van der Waals surface area contributed by atoms with Crippen molar-refractivity contribution in [1.29, 1.82) is 0 Å². The van der Waals surface area contributed by atoms with Gasteiger partial charge in [-0.05, 0) is 57.4 Å². The van der Waals surface area contributed by atoms with Gasteiger partial charge in [0.25, 0.3) is 0 Å². The van der Waals surface area contributed by atoms with Crippen molar-refractivity contribution in [3.63, 3.8) is 0 Å². The predicted molar refractivity (Wildman–Crippen MR) is 81.7 cm³/mol. The highest BCUT2D eigenvalue weighted by molar-refractivity contribution is 5.71. The van der Waals surface area contributed by atoms with Gasteiger partial charge >= 0.3 is 5.97 Å². The van der Waals surface area contributed by atoms with Crippen molar-refractivity contribution >= 4 is 5.97 Å². The predicted octanol–water partition coefficient (Wildman–Crippen LogP) is 3.78. The average molecular weight is 281 g/mol. The standard InChI is InChI=1S/C17H31NO2/c1-4-5-14-6-7-15(17(19)20)16(11-14)18-9-8-12(2)10-13(18)3/h12-16H,4-11H2,1-3H3,(H,19,20). The van der Waals surface area contributed by atoms with E-state index in [9.17, 15) is 9.90 Å². The highest BCUT2D eigenvalue weighted by atomic mass is 16.4. The Morgan fingerprint density at radius 1 is 1.20 bits per heavy atom. The Labute approximate surface area is 123 Å². The van der Waals surface area contributed by atoms with Crippen LogP contribution in [0.2, 0.25) is 0 Å². The largest absolute Gasteiger partial charge is 0.481 e. The first kappa shape index (κ1) is 15.8. The fourth-order valence-electron chi connectivity index (χ4n) is 4.47. The zero-order valence-electron chi connectivity index (χ0n) is 13.3. The van der Waals surface area contributed by atoms with Gasteiger partial charge in [0.2, 0.25) is 0 Å². The summed E-state index contributed by atoms with van der Waals surface area (Å²) in [5, 5.41) is 9.57. The Balaban J connectivity index is 2.08. The van der Waals surface area contributed by atoms with Crippen molar-refractivity contribution in [3.05, 3.63) is 0 Å². The molecule has 3 nitrogen and oxygen atoms in total. The van der Waals surface area contributed by atoms with Crippen LogP contribution < -0.4 is 0 Å². The number of hydrogen-bond donors (Lipinski definition) is 1. The molecule has 2 fully saturated rings. The van der Waals surface area contributed by atoms with Gasteiger partial charge in [0.05, 0.1) is 5.92 Å². The quantitative estimate of drug-likeness (QED) is 0.852. The van der Waals surface area contributed by atoms with Crippen LogP contribution in [-0.2, 0) is 4.79 Å². The van der Waals surface area contributed by atoms with E-state index in [1.54, 1.807) is 0 Å². The molecule has 1 aliphatic carbocycles. The third-order valence-electron chi connectivity index (χ3n) is 5.56. The Morgan fingerprint density at radius 3 is 2.55 bits per heavy atom. The lowest BCUT2D eigenvalue weighted by atomic mass is 9.74. The fourth-order valence-corrected chi connectivity index (χ4v) is 4.47. The minimum Gasteiger partial charge on any atom is -0.481 e. The van der Waals surface area contributed by atoms with E-state index in [4.69, 9.17) is 0 Å². The molecule has 2 aliphatic rings. The van der Waals surface area contributed by atoms with Crippen molar-refractivity contribution in [2.24, 2.45) is 17.8 Å². The van der Waals surface area contributed by atoms with Crippen molar-refractivity contribution in [2.75, 3.05) is 6.54 Å². The molecule has 20 heavy (non-hydrogen) atoms. The molecule has 116 valence electrons. The molecule has 0 bridgehead atoms. The van der Waals surface area contributed by atoms with Crippen molar-refractivity contribution < 1.29 is 9.90 Å². The molecule has 1 heterocycles. The molecule has 1 saturated heterocycles. The van der Waals surface area contributed by atoms with E-state index in [1.165, 1.54) is 25.7 Å². The lowest BCUT2D eigenvalue weighted by molar-refractivity contribution is -0.147. The summed E-state index contributed by atoms with van der Waals surface area (Å²) in [6.07, 6.45) is 8.03. The van der Waals surface area contributed by atoms with Gasteiger partial charge in [-0.2, -0.15) is 0 Å². The lowest BCUT2D eigenvalue weighted by Crippen LogP contribution is -2.53. The molecule has 5 atom stereocenters. The zero-order chi connectivity index (χ0) is 14.7. The molecule has 0 aromatic carbocycles. The Morgan fingerprint density at radius 2 is 1.95 bits per heavy atom. The number of piperidine rings is 1. The fraction of sp³-hybridized carbons (Fsp3) is 0.941. The van der Waals surface area contributed by atoms with Crippen LogP contribution in [0.5, 0.6) is 0 Å². The number of hydrogen-bond acceptors (Lipinski definition) is 2. The summed E-state index contributed by atoms with van der Waals surface area (Å²) in [6.45, 7) is 7.94.